The molecule has 1 aliphatic heterocycles. The van der Waals surface area contributed by atoms with Gasteiger partial charge in [0.15, 0.2) is 16.6 Å². The number of halogens is 2. The third-order valence-electron chi connectivity index (χ3n) is 5.64. The minimum absolute atomic E-state index is 0.0235. The molecule has 1 fully saturated rings. The van der Waals surface area contributed by atoms with Crippen molar-refractivity contribution in [3.8, 4) is 11.5 Å². The highest BCUT2D eigenvalue weighted by molar-refractivity contribution is 7.80. The summed E-state index contributed by atoms with van der Waals surface area (Å²) in [7, 11) is 0. The molecule has 0 radical (unpaired) electrons. The number of rotatable bonds is 8. The second-order valence-electron chi connectivity index (χ2n) is 8.16. The third kappa shape index (κ3) is 6.13. The van der Waals surface area contributed by atoms with Gasteiger partial charge in [0, 0.05) is 5.02 Å². The Morgan fingerprint density at radius 2 is 1.62 bits per heavy atom. The SMILES string of the molecule is CCOc1cc(/C=C2\C(=O)NC(=S)N(c3ccc(CC)cc3)C2=O)cc(Cl)c1OCc1ccc(Cl)cc1. The van der Waals surface area contributed by atoms with E-state index in [0.717, 1.165) is 17.5 Å². The summed E-state index contributed by atoms with van der Waals surface area (Å²) in [5.41, 5.74) is 3.01. The molecule has 0 bridgehead atoms. The van der Waals surface area contributed by atoms with E-state index in [0.29, 0.717) is 34.4 Å². The molecule has 4 rings (SSSR count). The van der Waals surface area contributed by atoms with E-state index in [2.05, 4.69) is 5.32 Å². The number of hydrogen-bond donors (Lipinski definition) is 1. The lowest BCUT2D eigenvalue weighted by Gasteiger charge is -2.29. The summed E-state index contributed by atoms with van der Waals surface area (Å²) in [6.07, 6.45) is 2.33. The lowest BCUT2D eigenvalue weighted by Crippen LogP contribution is -2.54. The molecule has 0 unspecified atom stereocenters. The van der Waals surface area contributed by atoms with Gasteiger partial charge in [0.1, 0.15) is 12.2 Å². The van der Waals surface area contributed by atoms with Crippen LogP contribution in [0.1, 0.15) is 30.5 Å². The maximum absolute atomic E-state index is 13.4. The maximum Gasteiger partial charge on any atom is 0.270 e. The monoisotopic (exact) mass is 554 g/mol. The van der Waals surface area contributed by atoms with Crippen LogP contribution in [0.15, 0.2) is 66.2 Å². The van der Waals surface area contributed by atoms with E-state index in [1.165, 1.54) is 11.0 Å². The number of hydrogen-bond acceptors (Lipinski definition) is 5. The second-order valence-corrected chi connectivity index (χ2v) is 9.39. The van der Waals surface area contributed by atoms with E-state index in [9.17, 15) is 9.59 Å². The topological polar surface area (TPSA) is 67.9 Å². The number of thiocarbonyl (C=S) groups is 1. The van der Waals surface area contributed by atoms with Crippen molar-refractivity contribution in [3.63, 3.8) is 0 Å². The first-order valence-electron chi connectivity index (χ1n) is 11.6. The van der Waals surface area contributed by atoms with E-state index in [-0.39, 0.29) is 22.3 Å². The summed E-state index contributed by atoms with van der Waals surface area (Å²) in [4.78, 5) is 27.4. The van der Waals surface area contributed by atoms with Crippen molar-refractivity contribution in [2.24, 2.45) is 0 Å². The largest absolute Gasteiger partial charge is 0.490 e. The third-order valence-corrected chi connectivity index (χ3v) is 6.46. The summed E-state index contributed by atoms with van der Waals surface area (Å²) in [6.45, 7) is 4.50. The molecule has 37 heavy (non-hydrogen) atoms. The molecule has 0 saturated carbocycles. The van der Waals surface area contributed by atoms with E-state index in [4.69, 9.17) is 44.9 Å². The molecular formula is C28H24Cl2N2O4S. The number of benzene rings is 3. The average Bonchev–Trinajstić information content (AvgIpc) is 2.87. The summed E-state index contributed by atoms with van der Waals surface area (Å²) in [6, 6.07) is 18.0. The minimum atomic E-state index is -0.589. The molecule has 0 aliphatic carbocycles. The van der Waals surface area contributed by atoms with Gasteiger partial charge in [-0.25, -0.2) is 0 Å². The van der Waals surface area contributed by atoms with Crippen LogP contribution >= 0.6 is 35.4 Å². The number of nitrogens with zero attached hydrogens (tertiary/aromatic N) is 1. The average molecular weight is 555 g/mol. The first kappa shape index (κ1) is 26.7. The zero-order chi connectivity index (χ0) is 26.5. The van der Waals surface area contributed by atoms with Gasteiger partial charge in [-0.1, -0.05) is 54.4 Å². The molecular weight excluding hydrogens is 531 g/mol. The maximum atomic E-state index is 13.4. The zero-order valence-electron chi connectivity index (χ0n) is 20.2. The quantitative estimate of drug-likeness (QED) is 0.199. The number of carbonyl (C=O) groups is 2. The zero-order valence-corrected chi connectivity index (χ0v) is 22.5. The standard InChI is InChI=1S/C28H24Cl2N2O4S/c1-3-17-7-11-21(12-8-17)32-27(34)22(26(33)31-28(32)37)13-19-14-23(30)25(24(15-19)35-4-2)36-16-18-5-9-20(29)10-6-18/h5-15H,3-4,16H2,1-2H3,(H,31,33,37)/b22-13+. The van der Waals surface area contributed by atoms with Crippen LogP contribution in [0.25, 0.3) is 6.08 Å². The number of anilines is 1. The van der Waals surface area contributed by atoms with Crippen LogP contribution < -0.4 is 19.7 Å². The predicted molar refractivity (Wildman–Crippen MR) is 150 cm³/mol. The van der Waals surface area contributed by atoms with E-state index in [1.807, 2.05) is 38.1 Å². The molecule has 0 aromatic heterocycles. The normalized spacial score (nSPS) is 14.6. The van der Waals surface area contributed by atoms with Crippen molar-refractivity contribution in [2.45, 2.75) is 26.9 Å². The molecule has 1 N–H and O–H groups in total. The van der Waals surface area contributed by atoms with Crippen LogP contribution in [0.2, 0.25) is 10.0 Å². The van der Waals surface area contributed by atoms with Crippen molar-refractivity contribution in [1.82, 2.24) is 5.32 Å². The number of ether oxygens (including phenoxy) is 2. The highest BCUT2D eigenvalue weighted by Gasteiger charge is 2.34. The molecule has 3 aromatic carbocycles. The van der Waals surface area contributed by atoms with Gasteiger partial charge in [0.2, 0.25) is 0 Å². The van der Waals surface area contributed by atoms with Crippen LogP contribution in [0.5, 0.6) is 11.5 Å². The van der Waals surface area contributed by atoms with Gasteiger partial charge in [-0.3, -0.25) is 19.8 Å². The molecule has 6 nitrogen and oxygen atoms in total. The van der Waals surface area contributed by atoms with Gasteiger partial charge in [-0.05, 0) is 84.7 Å². The Kier molecular flexibility index (Phi) is 8.48. The van der Waals surface area contributed by atoms with E-state index in [1.54, 1.807) is 36.4 Å². The Morgan fingerprint density at radius 1 is 0.946 bits per heavy atom. The number of aryl methyl sites for hydroxylation is 1. The summed E-state index contributed by atoms with van der Waals surface area (Å²) < 4.78 is 11.7. The molecule has 9 heteroatoms. The Labute approximate surface area is 230 Å². The lowest BCUT2D eigenvalue weighted by atomic mass is 10.1. The van der Waals surface area contributed by atoms with Crippen LogP contribution in [-0.4, -0.2) is 23.5 Å². The van der Waals surface area contributed by atoms with Gasteiger partial charge in [0.05, 0.1) is 17.3 Å². The van der Waals surface area contributed by atoms with Gasteiger partial charge >= 0.3 is 0 Å². The Bertz CT molecular complexity index is 1370. The fourth-order valence-electron chi connectivity index (χ4n) is 3.75. The van der Waals surface area contributed by atoms with Crippen molar-refractivity contribution in [1.29, 1.82) is 0 Å². The number of amides is 2. The molecule has 2 amide bonds. The smallest absolute Gasteiger partial charge is 0.270 e. The molecule has 1 saturated heterocycles. The van der Waals surface area contributed by atoms with Crippen molar-refractivity contribution in [2.75, 3.05) is 11.5 Å². The Hall–Kier alpha value is -3.39. The highest BCUT2D eigenvalue weighted by Crippen LogP contribution is 2.38. The Morgan fingerprint density at radius 3 is 2.27 bits per heavy atom. The fraction of sp³-hybridized carbons (Fsp3) is 0.179. The predicted octanol–water partition coefficient (Wildman–Crippen LogP) is 6.36. The molecule has 0 atom stereocenters. The Balaban J connectivity index is 1.64. The summed E-state index contributed by atoms with van der Waals surface area (Å²) in [5.74, 6) is -0.371. The van der Waals surface area contributed by atoms with Crippen molar-refractivity contribution < 1.29 is 19.1 Å². The van der Waals surface area contributed by atoms with E-state index < -0.39 is 11.8 Å². The molecule has 3 aromatic rings. The fourth-order valence-corrected chi connectivity index (χ4v) is 4.43. The van der Waals surface area contributed by atoms with Crippen LogP contribution in [0.4, 0.5) is 5.69 Å². The van der Waals surface area contributed by atoms with Crippen molar-refractivity contribution >= 4 is 64.1 Å². The second kappa shape index (κ2) is 11.8. The minimum Gasteiger partial charge on any atom is -0.490 e. The number of nitrogens with one attached hydrogen (secondary N) is 1. The van der Waals surface area contributed by atoms with E-state index >= 15 is 0 Å². The molecule has 1 heterocycles. The van der Waals surface area contributed by atoms with Gasteiger partial charge in [-0.2, -0.15) is 0 Å². The van der Waals surface area contributed by atoms with Gasteiger partial charge in [-0.15, -0.1) is 0 Å². The first-order chi connectivity index (χ1) is 17.8. The summed E-state index contributed by atoms with van der Waals surface area (Å²) >= 11 is 17.8. The summed E-state index contributed by atoms with van der Waals surface area (Å²) in [5, 5.41) is 3.53. The first-order valence-corrected chi connectivity index (χ1v) is 12.8. The van der Waals surface area contributed by atoms with Crippen LogP contribution in [0.3, 0.4) is 0 Å². The molecule has 1 aliphatic rings. The molecule has 190 valence electrons. The highest BCUT2D eigenvalue weighted by atomic mass is 35.5. The van der Waals surface area contributed by atoms with Gasteiger partial charge < -0.3 is 9.47 Å². The van der Waals surface area contributed by atoms with Crippen molar-refractivity contribution in [3.05, 3.63) is 93.0 Å². The number of carbonyl (C=O) groups excluding carboxylic acids is 2. The van der Waals surface area contributed by atoms with Gasteiger partial charge in [0.25, 0.3) is 11.8 Å². The van der Waals surface area contributed by atoms with Crippen LogP contribution in [-0.2, 0) is 22.6 Å². The lowest BCUT2D eigenvalue weighted by molar-refractivity contribution is -0.122. The van der Waals surface area contributed by atoms with Crippen LogP contribution in [0, 0.1) is 0 Å². The molecule has 0 spiro atoms.